The molecule has 1 heterocycles. The molecule has 0 spiro atoms. The van der Waals surface area contributed by atoms with E-state index in [9.17, 15) is 22.4 Å². The van der Waals surface area contributed by atoms with Crippen molar-refractivity contribution in [2.24, 2.45) is 0 Å². The van der Waals surface area contributed by atoms with Crippen molar-refractivity contribution in [1.29, 1.82) is 0 Å². The Bertz CT molecular complexity index is 785. The van der Waals surface area contributed by atoms with Crippen LogP contribution < -0.4 is 5.32 Å². The van der Waals surface area contributed by atoms with Gasteiger partial charge in [-0.3, -0.25) is 4.79 Å². The van der Waals surface area contributed by atoms with Crippen molar-refractivity contribution in [3.05, 3.63) is 41.8 Å². The number of hydrogen-bond acceptors (Lipinski definition) is 5. The Morgan fingerprint density at radius 3 is 2.52 bits per heavy atom. The Kier molecular flexibility index (Phi) is 7.14. The lowest BCUT2D eigenvalue weighted by atomic mass is 10.1. The van der Waals surface area contributed by atoms with E-state index >= 15 is 0 Å². The minimum absolute atomic E-state index is 0.00650. The number of carbonyl (C=O) groups excluding carboxylic acids is 1. The first-order valence-electron chi connectivity index (χ1n) is 7.82. The average molecular weight is 403 g/mol. The van der Waals surface area contributed by atoms with E-state index in [1.807, 2.05) is 0 Å². The Morgan fingerprint density at radius 1 is 1.26 bits per heavy atom. The van der Waals surface area contributed by atoms with E-state index in [0.717, 1.165) is 30.0 Å². The van der Waals surface area contributed by atoms with E-state index in [-0.39, 0.29) is 28.6 Å². The topological polar surface area (TPSA) is 64.1 Å². The van der Waals surface area contributed by atoms with E-state index in [4.69, 9.17) is 4.74 Å². The van der Waals surface area contributed by atoms with Gasteiger partial charge in [0.15, 0.2) is 5.16 Å². The number of rotatable bonds is 7. The predicted molar refractivity (Wildman–Crippen MR) is 92.6 cm³/mol. The lowest BCUT2D eigenvalue weighted by molar-refractivity contribution is -0.141. The maximum absolute atomic E-state index is 13.1. The van der Waals surface area contributed by atoms with Gasteiger partial charge in [-0.15, -0.1) is 0 Å². The van der Waals surface area contributed by atoms with Crippen molar-refractivity contribution in [3.8, 4) is 11.3 Å². The number of hydrogen-bond donors (Lipinski definition) is 1. The zero-order chi connectivity index (χ0) is 20.0. The molecule has 0 aliphatic carbocycles. The van der Waals surface area contributed by atoms with Crippen LogP contribution in [-0.4, -0.2) is 41.4 Å². The monoisotopic (exact) mass is 403 g/mol. The molecule has 2 rings (SSSR count). The van der Waals surface area contributed by atoms with Gasteiger partial charge in [-0.25, -0.2) is 14.4 Å². The van der Waals surface area contributed by atoms with Crippen LogP contribution in [0.2, 0.25) is 0 Å². The van der Waals surface area contributed by atoms with E-state index in [1.54, 1.807) is 6.92 Å². The predicted octanol–water partition coefficient (Wildman–Crippen LogP) is 3.54. The Labute approximate surface area is 157 Å². The largest absolute Gasteiger partial charge is 0.433 e. The maximum Gasteiger partial charge on any atom is 0.433 e. The molecule has 1 aromatic carbocycles. The molecule has 1 N–H and O–H groups in total. The second-order valence-corrected chi connectivity index (χ2v) is 6.58. The number of nitrogens with zero attached hydrogens (tertiary/aromatic N) is 2. The Morgan fingerprint density at radius 2 is 1.93 bits per heavy atom. The molecule has 0 fully saturated rings. The first-order chi connectivity index (χ1) is 12.7. The molecular formula is C17H17F4N3O2S. The number of carbonyl (C=O) groups is 1. The fraction of sp³-hybridized carbons (Fsp3) is 0.353. The molecular weight excluding hydrogens is 386 g/mol. The van der Waals surface area contributed by atoms with Crippen LogP contribution in [0.25, 0.3) is 11.3 Å². The third-order valence-electron chi connectivity index (χ3n) is 3.29. The molecule has 0 bridgehead atoms. The van der Waals surface area contributed by atoms with Gasteiger partial charge >= 0.3 is 6.18 Å². The Hall–Kier alpha value is -2.20. The van der Waals surface area contributed by atoms with Gasteiger partial charge in [0.1, 0.15) is 11.5 Å². The molecule has 0 saturated carbocycles. The number of nitrogens with one attached hydrogen (secondary N) is 1. The SMILES string of the molecule is COC[C@H](C)NC(=O)CSc1nc(-c2ccc(F)cc2)cc(C(F)(F)F)n1. The number of methoxy groups -OCH3 is 1. The molecule has 27 heavy (non-hydrogen) atoms. The van der Waals surface area contributed by atoms with Gasteiger partial charge in [0, 0.05) is 18.7 Å². The van der Waals surface area contributed by atoms with Crippen LogP contribution in [0.4, 0.5) is 17.6 Å². The number of halogens is 4. The number of aromatic nitrogens is 2. The summed E-state index contributed by atoms with van der Waals surface area (Å²) < 4.78 is 57.3. The number of amides is 1. The average Bonchev–Trinajstić information content (AvgIpc) is 2.60. The van der Waals surface area contributed by atoms with Crippen LogP contribution in [0.3, 0.4) is 0 Å². The lowest BCUT2D eigenvalue weighted by Gasteiger charge is -2.13. The van der Waals surface area contributed by atoms with E-state index < -0.39 is 17.7 Å². The smallest absolute Gasteiger partial charge is 0.383 e. The summed E-state index contributed by atoms with van der Waals surface area (Å²) in [5.74, 6) is -1.05. The van der Waals surface area contributed by atoms with Crippen molar-refractivity contribution in [2.75, 3.05) is 19.5 Å². The van der Waals surface area contributed by atoms with Gasteiger partial charge in [0.05, 0.1) is 18.1 Å². The van der Waals surface area contributed by atoms with Crippen LogP contribution >= 0.6 is 11.8 Å². The molecule has 10 heteroatoms. The van der Waals surface area contributed by atoms with Crippen molar-refractivity contribution >= 4 is 17.7 Å². The van der Waals surface area contributed by atoms with Crippen molar-refractivity contribution in [1.82, 2.24) is 15.3 Å². The fourth-order valence-corrected chi connectivity index (χ4v) is 2.81. The first-order valence-corrected chi connectivity index (χ1v) is 8.81. The van der Waals surface area contributed by atoms with E-state index in [1.165, 1.54) is 19.2 Å². The third kappa shape index (κ3) is 6.47. The van der Waals surface area contributed by atoms with Gasteiger partial charge in [-0.2, -0.15) is 13.2 Å². The first kappa shape index (κ1) is 21.1. The summed E-state index contributed by atoms with van der Waals surface area (Å²) in [5.41, 5.74) is -0.829. The van der Waals surface area contributed by atoms with E-state index in [2.05, 4.69) is 15.3 Å². The standard InChI is InChI=1S/C17H17F4N3O2S/c1-10(8-26-2)22-15(25)9-27-16-23-13(7-14(24-16)17(19,20)21)11-3-5-12(18)6-4-11/h3-7,10H,8-9H2,1-2H3,(H,22,25)/t10-/m0/s1. The van der Waals surface area contributed by atoms with Gasteiger partial charge in [-0.1, -0.05) is 11.8 Å². The highest BCUT2D eigenvalue weighted by Crippen LogP contribution is 2.32. The second kappa shape index (κ2) is 9.14. The minimum Gasteiger partial charge on any atom is -0.383 e. The Balaban J connectivity index is 2.21. The summed E-state index contributed by atoms with van der Waals surface area (Å²) in [6.45, 7) is 2.05. The highest BCUT2D eigenvalue weighted by molar-refractivity contribution is 7.99. The molecule has 1 aromatic heterocycles. The third-order valence-corrected chi connectivity index (χ3v) is 4.14. The van der Waals surface area contributed by atoms with Crippen molar-refractivity contribution in [3.63, 3.8) is 0 Å². The molecule has 0 saturated heterocycles. The summed E-state index contributed by atoms with van der Waals surface area (Å²) in [6, 6.07) is 5.46. The van der Waals surface area contributed by atoms with Crippen LogP contribution in [0.1, 0.15) is 12.6 Å². The summed E-state index contributed by atoms with van der Waals surface area (Å²) in [6.07, 6.45) is -4.68. The van der Waals surface area contributed by atoms with Gasteiger partial charge in [0.2, 0.25) is 5.91 Å². The zero-order valence-electron chi connectivity index (χ0n) is 14.5. The zero-order valence-corrected chi connectivity index (χ0v) is 15.3. The van der Waals surface area contributed by atoms with Gasteiger partial charge < -0.3 is 10.1 Å². The molecule has 1 amide bonds. The number of alkyl halides is 3. The van der Waals surface area contributed by atoms with Gasteiger partial charge in [-0.05, 0) is 37.3 Å². The second-order valence-electron chi connectivity index (χ2n) is 5.64. The quantitative estimate of drug-likeness (QED) is 0.435. The van der Waals surface area contributed by atoms with Crippen LogP contribution in [0.15, 0.2) is 35.5 Å². The van der Waals surface area contributed by atoms with Crippen LogP contribution in [0.5, 0.6) is 0 Å². The van der Waals surface area contributed by atoms with Crippen LogP contribution in [-0.2, 0) is 15.7 Å². The maximum atomic E-state index is 13.1. The normalized spacial score (nSPS) is 12.7. The van der Waals surface area contributed by atoms with Crippen molar-refractivity contribution < 1.29 is 27.1 Å². The summed E-state index contributed by atoms with van der Waals surface area (Å²) in [5, 5.41) is 2.45. The number of benzene rings is 1. The fourth-order valence-electron chi connectivity index (χ4n) is 2.14. The summed E-state index contributed by atoms with van der Waals surface area (Å²) >= 11 is 0.782. The molecule has 5 nitrogen and oxygen atoms in total. The molecule has 2 aromatic rings. The van der Waals surface area contributed by atoms with E-state index in [0.29, 0.717) is 12.2 Å². The molecule has 0 aliphatic rings. The molecule has 0 aliphatic heterocycles. The van der Waals surface area contributed by atoms with Crippen molar-refractivity contribution in [2.45, 2.75) is 24.3 Å². The molecule has 0 radical (unpaired) electrons. The molecule has 146 valence electrons. The summed E-state index contributed by atoms with van der Waals surface area (Å²) in [7, 11) is 1.49. The molecule has 1 atom stereocenters. The lowest BCUT2D eigenvalue weighted by Crippen LogP contribution is -2.36. The summed E-state index contributed by atoms with van der Waals surface area (Å²) in [4.78, 5) is 19.4. The van der Waals surface area contributed by atoms with Crippen LogP contribution in [0, 0.1) is 5.82 Å². The minimum atomic E-state index is -4.68. The highest BCUT2D eigenvalue weighted by atomic mass is 32.2. The number of thioether (sulfide) groups is 1. The van der Waals surface area contributed by atoms with Gasteiger partial charge in [0.25, 0.3) is 0 Å². The highest BCUT2D eigenvalue weighted by Gasteiger charge is 2.34. The number of ether oxygens (including phenoxy) is 1. The molecule has 0 unspecified atom stereocenters.